The molecule has 0 fully saturated rings. The Kier molecular flexibility index (Phi) is 3.42. The Morgan fingerprint density at radius 2 is 1.90 bits per heavy atom. The van der Waals surface area contributed by atoms with Gasteiger partial charge in [0.1, 0.15) is 0 Å². The molecule has 0 aliphatic heterocycles. The normalized spacial score (nSPS) is 11.0. The maximum atomic E-state index is 4.67. The molecule has 108 valence electrons. The van der Waals surface area contributed by atoms with Crippen LogP contribution >= 0.6 is 0 Å². The third kappa shape index (κ3) is 2.51. The summed E-state index contributed by atoms with van der Waals surface area (Å²) in [5.41, 5.74) is 7.11. The zero-order valence-electron chi connectivity index (χ0n) is 13.1. The summed E-state index contributed by atoms with van der Waals surface area (Å²) in [7, 11) is 2.11. The minimum absolute atomic E-state index is 0.822. The monoisotopic (exact) mass is 279 g/mol. The van der Waals surface area contributed by atoms with E-state index in [9.17, 15) is 0 Å². The molecule has 3 aromatic rings. The average Bonchev–Trinajstić information content (AvgIpc) is 2.72. The molecule has 0 spiro atoms. The Morgan fingerprint density at radius 3 is 2.62 bits per heavy atom. The van der Waals surface area contributed by atoms with Crippen molar-refractivity contribution in [1.29, 1.82) is 0 Å². The minimum Gasteiger partial charge on any atom is -0.379 e. The Hall–Kier alpha value is -2.29. The van der Waals surface area contributed by atoms with Crippen LogP contribution in [0.3, 0.4) is 0 Å². The second-order valence-electron chi connectivity index (χ2n) is 5.64. The Labute approximate surface area is 125 Å². The van der Waals surface area contributed by atoms with Crippen LogP contribution in [-0.2, 0) is 13.6 Å². The lowest BCUT2D eigenvalue weighted by Crippen LogP contribution is -2.02. The number of rotatable bonds is 3. The molecule has 21 heavy (non-hydrogen) atoms. The van der Waals surface area contributed by atoms with Crippen molar-refractivity contribution in [2.75, 3.05) is 5.32 Å². The number of hydrogen-bond donors (Lipinski definition) is 1. The van der Waals surface area contributed by atoms with Crippen molar-refractivity contribution in [3.05, 3.63) is 59.0 Å². The predicted octanol–water partition coefficient (Wildman–Crippen LogP) is 4.11. The Balaban J connectivity index is 1.91. The predicted molar refractivity (Wildman–Crippen MR) is 88.7 cm³/mol. The van der Waals surface area contributed by atoms with Crippen molar-refractivity contribution < 1.29 is 0 Å². The van der Waals surface area contributed by atoms with Crippen molar-refractivity contribution in [3.63, 3.8) is 0 Å². The van der Waals surface area contributed by atoms with Crippen LogP contribution in [-0.4, -0.2) is 9.55 Å². The first kappa shape index (κ1) is 13.7. The van der Waals surface area contributed by atoms with E-state index in [0.717, 1.165) is 23.4 Å². The van der Waals surface area contributed by atoms with E-state index in [-0.39, 0.29) is 0 Å². The summed E-state index contributed by atoms with van der Waals surface area (Å²) in [6, 6.07) is 12.7. The standard InChI is InChI=1S/C18H21N3/c1-12-8-9-15-6-5-7-17(18(15)20-12)19-11-16-10-13(2)21(4)14(16)3/h5-10,19H,11H2,1-4H3. The summed E-state index contributed by atoms with van der Waals surface area (Å²) in [5, 5.41) is 4.71. The summed E-state index contributed by atoms with van der Waals surface area (Å²) in [4.78, 5) is 4.67. The lowest BCUT2D eigenvalue weighted by molar-refractivity contribution is 0.837. The van der Waals surface area contributed by atoms with Gasteiger partial charge in [-0.2, -0.15) is 0 Å². The quantitative estimate of drug-likeness (QED) is 0.782. The Bertz CT molecular complexity index is 800. The Morgan fingerprint density at radius 1 is 1.10 bits per heavy atom. The maximum absolute atomic E-state index is 4.67. The molecule has 3 nitrogen and oxygen atoms in total. The molecule has 0 saturated carbocycles. The summed E-state index contributed by atoms with van der Waals surface area (Å²) < 4.78 is 2.22. The van der Waals surface area contributed by atoms with Gasteiger partial charge in [0.2, 0.25) is 0 Å². The number of nitrogens with zero attached hydrogens (tertiary/aromatic N) is 2. The van der Waals surface area contributed by atoms with Crippen molar-refractivity contribution in [2.45, 2.75) is 27.3 Å². The first-order valence-corrected chi connectivity index (χ1v) is 7.28. The summed E-state index contributed by atoms with van der Waals surface area (Å²) in [6.07, 6.45) is 0. The first-order valence-electron chi connectivity index (χ1n) is 7.28. The van der Waals surface area contributed by atoms with Gasteiger partial charge in [0, 0.05) is 36.1 Å². The number of fused-ring (bicyclic) bond motifs is 1. The molecule has 3 rings (SSSR count). The van der Waals surface area contributed by atoms with E-state index >= 15 is 0 Å². The van der Waals surface area contributed by atoms with Crippen LogP contribution in [0.5, 0.6) is 0 Å². The lowest BCUT2D eigenvalue weighted by atomic mass is 10.1. The van der Waals surface area contributed by atoms with E-state index in [1.807, 2.05) is 6.92 Å². The number of aromatic nitrogens is 2. The van der Waals surface area contributed by atoms with E-state index in [1.54, 1.807) is 0 Å². The van der Waals surface area contributed by atoms with Crippen LogP contribution in [0.1, 0.15) is 22.6 Å². The maximum Gasteiger partial charge on any atom is 0.0936 e. The van der Waals surface area contributed by atoms with E-state index in [0.29, 0.717) is 0 Å². The van der Waals surface area contributed by atoms with Gasteiger partial charge in [-0.05, 0) is 44.5 Å². The third-order valence-electron chi connectivity index (χ3n) is 4.21. The highest BCUT2D eigenvalue weighted by molar-refractivity contribution is 5.90. The summed E-state index contributed by atoms with van der Waals surface area (Å²) in [5.74, 6) is 0. The zero-order valence-corrected chi connectivity index (χ0v) is 13.1. The molecule has 0 radical (unpaired) electrons. The van der Waals surface area contributed by atoms with Crippen LogP contribution in [0, 0.1) is 20.8 Å². The molecule has 0 amide bonds. The van der Waals surface area contributed by atoms with E-state index in [4.69, 9.17) is 0 Å². The van der Waals surface area contributed by atoms with Gasteiger partial charge in [0.25, 0.3) is 0 Å². The molecule has 0 bridgehead atoms. The zero-order chi connectivity index (χ0) is 15.0. The van der Waals surface area contributed by atoms with Crippen molar-refractivity contribution in [2.24, 2.45) is 7.05 Å². The molecule has 3 heteroatoms. The van der Waals surface area contributed by atoms with E-state index < -0.39 is 0 Å². The lowest BCUT2D eigenvalue weighted by Gasteiger charge is -2.10. The molecule has 0 aliphatic rings. The van der Waals surface area contributed by atoms with Gasteiger partial charge in [-0.15, -0.1) is 0 Å². The minimum atomic E-state index is 0.822. The van der Waals surface area contributed by atoms with E-state index in [1.165, 1.54) is 22.3 Å². The topological polar surface area (TPSA) is 29.9 Å². The third-order valence-corrected chi connectivity index (χ3v) is 4.21. The highest BCUT2D eigenvalue weighted by Gasteiger charge is 2.07. The fraction of sp³-hybridized carbons (Fsp3) is 0.278. The van der Waals surface area contributed by atoms with Crippen LogP contribution in [0.4, 0.5) is 5.69 Å². The molecule has 1 aromatic carbocycles. The second kappa shape index (κ2) is 5.24. The van der Waals surface area contributed by atoms with Crippen LogP contribution in [0.2, 0.25) is 0 Å². The molecule has 0 atom stereocenters. The molecule has 2 aromatic heterocycles. The van der Waals surface area contributed by atoms with Crippen LogP contribution < -0.4 is 5.32 Å². The number of hydrogen-bond acceptors (Lipinski definition) is 2. The first-order chi connectivity index (χ1) is 10.1. The van der Waals surface area contributed by atoms with Gasteiger partial charge in [-0.1, -0.05) is 18.2 Å². The molecule has 0 aliphatic carbocycles. The van der Waals surface area contributed by atoms with Gasteiger partial charge < -0.3 is 9.88 Å². The smallest absolute Gasteiger partial charge is 0.0936 e. The van der Waals surface area contributed by atoms with Gasteiger partial charge in [-0.3, -0.25) is 4.98 Å². The summed E-state index contributed by atoms with van der Waals surface area (Å²) in [6.45, 7) is 7.15. The number of pyridine rings is 1. The molecule has 0 saturated heterocycles. The van der Waals surface area contributed by atoms with Gasteiger partial charge in [0.05, 0.1) is 11.2 Å². The fourth-order valence-corrected chi connectivity index (χ4v) is 2.69. The largest absolute Gasteiger partial charge is 0.379 e. The van der Waals surface area contributed by atoms with Crippen LogP contribution in [0.15, 0.2) is 36.4 Å². The number of para-hydroxylation sites is 1. The number of benzene rings is 1. The SMILES string of the molecule is Cc1ccc2cccc(NCc3cc(C)n(C)c3C)c2n1. The molecular weight excluding hydrogens is 258 g/mol. The molecule has 2 heterocycles. The van der Waals surface area contributed by atoms with Crippen molar-refractivity contribution in [3.8, 4) is 0 Å². The van der Waals surface area contributed by atoms with Gasteiger partial charge >= 0.3 is 0 Å². The molecule has 1 N–H and O–H groups in total. The highest BCUT2D eigenvalue weighted by atomic mass is 15.0. The van der Waals surface area contributed by atoms with Crippen molar-refractivity contribution in [1.82, 2.24) is 9.55 Å². The second-order valence-corrected chi connectivity index (χ2v) is 5.64. The van der Waals surface area contributed by atoms with Crippen molar-refractivity contribution >= 4 is 16.6 Å². The summed E-state index contributed by atoms with van der Waals surface area (Å²) >= 11 is 0. The molecular formula is C18H21N3. The highest BCUT2D eigenvalue weighted by Crippen LogP contribution is 2.23. The number of aryl methyl sites for hydroxylation is 2. The fourth-order valence-electron chi connectivity index (χ4n) is 2.69. The average molecular weight is 279 g/mol. The number of nitrogens with one attached hydrogen (secondary N) is 1. The van der Waals surface area contributed by atoms with Gasteiger partial charge in [-0.25, -0.2) is 0 Å². The molecule has 0 unspecified atom stereocenters. The van der Waals surface area contributed by atoms with Crippen LogP contribution in [0.25, 0.3) is 10.9 Å². The van der Waals surface area contributed by atoms with E-state index in [2.05, 4.69) is 72.2 Å². The van der Waals surface area contributed by atoms with Gasteiger partial charge in [0.15, 0.2) is 0 Å². The number of anilines is 1.